The second-order valence-corrected chi connectivity index (χ2v) is 17.5. The third-order valence-electron chi connectivity index (χ3n) is 12.6. The Morgan fingerprint density at radius 1 is 0.648 bits per heavy atom. The van der Waals surface area contributed by atoms with Crippen molar-refractivity contribution < 1.29 is 28.1 Å². The van der Waals surface area contributed by atoms with E-state index in [1.165, 1.54) is 36.6 Å². The number of aryl methyl sites for hydroxylation is 1. The molecular weight excluding hydrogens is 693 g/mol. The second-order valence-electron chi connectivity index (χ2n) is 15.5. The number of benzene rings is 4. The number of rotatable bonds is 12. The molecule has 0 bridgehead atoms. The quantitative estimate of drug-likeness (QED) is 0.140. The third kappa shape index (κ3) is 8.59. The van der Waals surface area contributed by atoms with Gasteiger partial charge in [0.2, 0.25) is 0 Å². The van der Waals surface area contributed by atoms with E-state index in [9.17, 15) is 18.6 Å². The Kier molecular flexibility index (Phi) is 14.1. The van der Waals surface area contributed by atoms with Crippen LogP contribution in [0.15, 0.2) is 102 Å². The van der Waals surface area contributed by atoms with E-state index in [2.05, 4.69) is 57.2 Å². The molecule has 7 heteroatoms. The molecule has 1 heterocycles. The molecular formula is C47H62O6S. The first kappa shape index (κ1) is 41.5. The van der Waals surface area contributed by atoms with Gasteiger partial charge < -0.3 is 19.7 Å². The molecule has 0 saturated heterocycles. The molecule has 2 N–H and O–H groups in total. The standard InChI is InChI=1S/C24H32O2.C23H30O4S/c1-4-6-15-24(5-2)16-14-19-17-20(26-3)12-13-21(19)22(23(24)25)18-10-8-7-9-11-18;1-4-6-14-23(5-2)16-28(25,26)20-15-18(27-3)12-13-19(20)21(22(23)24)17-10-8-7-9-11-17/h7-13,17,22-23,25H,4-6,14-16H2,1-3H3;7-13,15,21-22,24H,4-6,14,16H2,1-3H3/t22-,23-,24+;21-,22-,23-/m01/s1. The molecule has 0 aromatic heterocycles. The van der Waals surface area contributed by atoms with Crippen molar-refractivity contribution in [2.45, 2.75) is 121 Å². The SMILES string of the molecule is CCCC[C@]1(CC)CCc2cc(OC)ccc2[C@H](c2ccccc2)[C@@H]1O.CCCC[C@]1(CC)CS(=O)(=O)c2cc(OC)ccc2[C@@H](c2ccccc2)[C@H]1O. The third-order valence-corrected chi connectivity index (χ3v) is 14.6. The van der Waals surface area contributed by atoms with Crippen LogP contribution in [-0.4, -0.2) is 50.8 Å². The summed E-state index contributed by atoms with van der Waals surface area (Å²) in [6, 6.07) is 31.8. The van der Waals surface area contributed by atoms with Crippen LogP contribution in [0.1, 0.15) is 125 Å². The van der Waals surface area contributed by atoms with Crippen molar-refractivity contribution in [1.82, 2.24) is 0 Å². The summed E-state index contributed by atoms with van der Waals surface area (Å²) in [6.45, 7) is 8.57. The van der Waals surface area contributed by atoms with E-state index in [-0.39, 0.29) is 28.1 Å². The lowest BCUT2D eigenvalue weighted by atomic mass is 9.67. The Hall–Kier alpha value is -3.65. The minimum absolute atomic E-state index is 0.0245. The van der Waals surface area contributed by atoms with Crippen molar-refractivity contribution in [3.05, 3.63) is 125 Å². The molecule has 2 aliphatic rings. The Balaban J connectivity index is 0.000000208. The summed E-state index contributed by atoms with van der Waals surface area (Å²) in [5.74, 6) is 1.01. The van der Waals surface area contributed by atoms with Gasteiger partial charge in [-0.2, -0.15) is 0 Å². The fourth-order valence-corrected chi connectivity index (χ4v) is 11.4. The van der Waals surface area contributed by atoms with Crippen molar-refractivity contribution in [3.63, 3.8) is 0 Å². The van der Waals surface area contributed by atoms with Crippen LogP contribution in [0.3, 0.4) is 0 Å². The van der Waals surface area contributed by atoms with Gasteiger partial charge in [0.1, 0.15) is 11.5 Å². The maximum absolute atomic E-state index is 13.5. The topological polar surface area (TPSA) is 93.1 Å². The lowest BCUT2D eigenvalue weighted by Crippen LogP contribution is -2.42. The van der Waals surface area contributed by atoms with Crippen molar-refractivity contribution in [1.29, 1.82) is 0 Å². The maximum atomic E-state index is 13.5. The molecule has 6 rings (SSSR count). The number of fused-ring (bicyclic) bond motifs is 2. The maximum Gasteiger partial charge on any atom is 0.179 e. The van der Waals surface area contributed by atoms with Gasteiger partial charge in [-0.3, -0.25) is 0 Å². The molecule has 0 radical (unpaired) electrons. The first-order valence-electron chi connectivity index (χ1n) is 20.1. The van der Waals surface area contributed by atoms with E-state index in [0.29, 0.717) is 24.2 Å². The molecule has 6 atom stereocenters. The number of aliphatic hydroxyl groups is 2. The molecule has 0 fully saturated rings. The average Bonchev–Trinajstić information content (AvgIpc) is 3.37. The van der Waals surface area contributed by atoms with E-state index in [1.807, 2.05) is 49.4 Å². The van der Waals surface area contributed by atoms with E-state index in [0.717, 1.165) is 49.8 Å². The first-order valence-corrected chi connectivity index (χ1v) is 21.7. The highest BCUT2D eigenvalue weighted by Crippen LogP contribution is 2.51. The van der Waals surface area contributed by atoms with Crippen LogP contribution in [0.2, 0.25) is 0 Å². The van der Waals surface area contributed by atoms with Crippen LogP contribution in [0.25, 0.3) is 0 Å². The predicted octanol–water partition coefficient (Wildman–Crippen LogP) is 10.3. The highest BCUT2D eigenvalue weighted by Gasteiger charge is 2.49. The van der Waals surface area contributed by atoms with E-state index < -0.39 is 27.3 Å². The molecule has 0 saturated carbocycles. The summed E-state index contributed by atoms with van der Waals surface area (Å²) in [5.41, 5.74) is 4.69. The molecule has 54 heavy (non-hydrogen) atoms. The summed E-state index contributed by atoms with van der Waals surface area (Å²) < 4.78 is 37.7. The van der Waals surface area contributed by atoms with E-state index >= 15 is 0 Å². The monoisotopic (exact) mass is 754 g/mol. The van der Waals surface area contributed by atoms with Gasteiger partial charge in [-0.1, -0.05) is 126 Å². The summed E-state index contributed by atoms with van der Waals surface area (Å²) >= 11 is 0. The van der Waals surface area contributed by atoms with Crippen LogP contribution in [0, 0.1) is 10.8 Å². The van der Waals surface area contributed by atoms with Crippen LogP contribution in [-0.2, 0) is 16.3 Å². The van der Waals surface area contributed by atoms with Crippen molar-refractivity contribution in [2.24, 2.45) is 10.8 Å². The van der Waals surface area contributed by atoms with Gasteiger partial charge in [0.05, 0.1) is 37.1 Å². The lowest BCUT2D eigenvalue weighted by molar-refractivity contribution is -0.00156. The molecule has 0 amide bonds. The molecule has 1 aliphatic carbocycles. The van der Waals surface area contributed by atoms with Crippen molar-refractivity contribution in [3.8, 4) is 11.5 Å². The highest BCUT2D eigenvalue weighted by atomic mass is 32.2. The van der Waals surface area contributed by atoms with E-state index in [1.54, 1.807) is 25.3 Å². The minimum atomic E-state index is -3.58. The Bertz CT molecular complexity index is 1890. The molecule has 1 aliphatic heterocycles. The van der Waals surface area contributed by atoms with Gasteiger partial charge in [-0.05, 0) is 96.0 Å². The smallest absolute Gasteiger partial charge is 0.179 e. The zero-order valence-electron chi connectivity index (χ0n) is 33.3. The number of unbranched alkanes of at least 4 members (excludes halogenated alkanes) is 2. The van der Waals surface area contributed by atoms with Gasteiger partial charge in [0.25, 0.3) is 0 Å². The number of aliphatic hydroxyl groups excluding tert-OH is 2. The number of ether oxygens (including phenoxy) is 2. The summed E-state index contributed by atoms with van der Waals surface area (Å²) in [7, 11) is -0.319. The summed E-state index contributed by atoms with van der Waals surface area (Å²) in [4.78, 5) is 0.284. The number of sulfone groups is 1. The van der Waals surface area contributed by atoms with Crippen LogP contribution in [0.4, 0.5) is 0 Å². The van der Waals surface area contributed by atoms with Crippen LogP contribution >= 0.6 is 0 Å². The van der Waals surface area contributed by atoms with Gasteiger partial charge >= 0.3 is 0 Å². The summed E-state index contributed by atoms with van der Waals surface area (Å²) in [5, 5.41) is 23.3. The molecule has 0 unspecified atom stereocenters. The molecule has 6 nitrogen and oxygen atoms in total. The number of hydrogen-bond donors (Lipinski definition) is 2. The molecule has 0 spiro atoms. The van der Waals surface area contributed by atoms with Gasteiger partial charge in [0.15, 0.2) is 9.84 Å². The normalized spacial score (nSPS) is 25.9. The fraction of sp³-hybridized carbons (Fsp3) is 0.489. The van der Waals surface area contributed by atoms with Gasteiger partial charge in [-0.25, -0.2) is 8.42 Å². The zero-order chi connectivity index (χ0) is 38.9. The number of hydrogen-bond acceptors (Lipinski definition) is 6. The Morgan fingerprint density at radius 3 is 1.65 bits per heavy atom. The Morgan fingerprint density at radius 2 is 1.13 bits per heavy atom. The largest absolute Gasteiger partial charge is 0.497 e. The van der Waals surface area contributed by atoms with Crippen molar-refractivity contribution in [2.75, 3.05) is 20.0 Å². The summed E-state index contributed by atoms with van der Waals surface area (Å²) in [6.07, 6.45) is 8.50. The second kappa shape index (κ2) is 18.3. The molecule has 4 aromatic rings. The van der Waals surface area contributed by atoms with E-state index in [4.69, 9.17) is 9.47 Å². The number of methoxy groups -OCH3 is 2. The Labute approximate surface area is 324 Å². The molecule has 4 aromatic carbocycles. The molecule has 292 valence electrons. The van der Waals surface area contributed by atoms with Crippen LogP contribution in [0.5, 0.6) is 11.5 Å². The average molecular weight is 755 g/mol. The zero-order valence-corrected chi connectivity index (χ0v) is 34.1. The highest BCUT2D eigenvalue weighted by molar-refractivity contribution is 7.91. The van der Waals surface area contributed by atoms with Gasteiger partial charge in [-0.15, -0.1) is 0 Å². The van der Waals surface area contributed by atoms with Crippen LogP contribution < -0.4 is 9.47 Å². The fourth-order valence-electron chi connectivity index (χ4n) is 9.16. The van der Waals surface area contributed by atoms with Crippen molar-refractivity contribution >= 4 is 9.84 Å². The lowest BCUT2D eigenvalue weighted by Gasteiger charge is -2.40. The first-order chi connectivity index (χ1) is 26.0. The minimum Gasteiger partial charge on any atom is -0.497 e. The van der Waals surface area contributed by atoms with Gasteiger partial charge in [0, 0.05) is 17.3 Å². The predicted molar refractivity (Wildman–Crippen MR) is 219 cm³/mol.